The number of benzene rings is 1. The van der Waals surface area contributed by atoms with E-state index in [-0.39, 0.29) is 17.4 Å². The van der Waals surface area contributed by atoms with Gasteiger partial charge in [0, 0.05) is 0 Å². The zero-order valence-corrected chi connectivity index (χ0v) is 11.2. The van der Waals surface area contributed by atoms with Crippen LogP contribution in [0.4, 0.5) is 18.9 Å². The molecule has 0 spiro atoms. The molecular weight excluding hydrogens is 273 g/mol. The lowest BCUT2D eigenvalue weighted by molar-refractivity contribution is -0.153. The number of nitrogens with one attached hydrogen (secondary N) is 1. The Hall–Kier alpha value is -1.76. The van der Waals surface area contributed by atoms with Crippen molar-refractivity contribution in [1.82, 2.24) is 0 Å². The van der Waals surface area contributed by atoms with Crippen LogP contribution in [0, 0.1) is 5.92 Å². The molecule has 112 valence electrons. The number of ether oxygens (including phenoxy) is 1. The molecule has 1 rings (SSSR count). The van der Waals surface area contributed by atoms with E-state index in [4.69, 9.17) is 5.73 Å². The molecular formula is C13H17F3N2O2. The van der Waals surface area contributed by atoms with E-state index in [2.05, 4.69) is 10.1 Å². The minimum Gasteiger partial charge on any atom is -0.482 e. The first kappa shape index (κ1) is 16.3. The Kier molecular flexibility index (Phi) is 5.38. The minimum atomic E-state index is -4.44. The summed E-state index contributed by atoms with van der Waals surface area (Å²) in [6.07, 6.45) is -4.44. The lowest BCUT2D eigenvalue weighted by atomic mass is 10.0. The molecule has 20 heavy (non-hydrogen) atoms. The van der Waals surface area contributed by atoms with E-state index in [0.29, 0.717) is 0 Å². The molecule has 0 fully saturated rings. The maximum Gasteiger partial charge on any atom is 0.422 e. The summed E-state index contributed by atoms with van der Waals surface area (Å²) in [6.45, 7) is 2.13. The van der Waals surface area contributed by atoms with Crippen LogP contribution in [0.3, 0.4) is 0 Å². The van der Waals surface area contributed by atoms with Gasteiger partial charge in [-0.2, -0.15) is 13.2 Å². The van der Waals surface area contributed by atoms with Crippen molar-refractivity contribution in [2.75, 3.05) is 11.9 Å². The van der Waals surface area contributed by atoms with Gasteiger partial charge in [0.05, 0.1) is 11.7 Å². The van der Waals surface area contributed by atoms with Crippen LogP contribution in [-0.4, -0.2) is 24.7 Å². The number of carbonyl (C=O) groups excluding carboxylic acids is 1. The quantitative estimate of drug-likeness (QED) is 0.876. The van der Waals surface area contributed by atoms with Crippen molar-refractivity contribution in [3.05, 3.63) is 24.3 Å². The fourth-order valence-corrected chi connectivity index (χ4v) is 1.37. The molecule has 0 saturated carbocycles. The average molecular weight is 290 g/mol. The molecule has 1 aromatic rings. The van der Waals surface area contributed by atoms with Gasteiger partial charge in [-0.25, -0.2) is 0 Å². The minimum absolute atomic E-state index is 0.0471. The van der Waals surface area contributed by atoms with Gasteiger partial charge in [-0.05, 0) is 18.1 Å². The van der Waals surface area contributed by atoms with Crippen molar-refractivity contribution in [2.45, 2.75) is 26.1 Å². The molecule has 0 saturated heterocycles. The Labute approximate surface area is 115 Å². The molecule has 0 aliphatic rings. The monoisotopic (exact) mass is 290 g/mol. The molecule has 1 aromatic carbocycles. The van der Waals surface area contributed by atoms with Crippen molar-refractivity contribution in [3.63, 3.8) is 0 Å². The van der Waals surface area contributed by atoms with Crippen LogP contribution in [0.2, 0.25) is 0 Å². The Morgan fingerprint density at radius 3 is 2.50 bits per heavy atom. The molecule has 0 aliphatic heterocycles. The first-order chi connectivity index (χ1) is 9.20. The van der Waals surface area contributed by atoms with Crippen LogP contribution in [0.15, 0.2) is 24.3 Å². The lowest BCUT2D eigenvalue weighted by Crippen LogP contribution is -2.39. The number of alkyl halides is 3. The van der Waals surface area contributed by atoms with E-state index in [9.17, 15) is 18.0 Å². The third-order valence-corrected chi connectivity index (χ3v) is 2.56. The number of rotatable bonds is 5. The molecule has 0 heterocycles. The van der Waals surface area contributed by atoms with E-state index in [1.54, 1.807) is 19.9 Å². The van der Waals surface area contributed by atoms with Crippen LogP contribution in [0.5, 0.6) is 5.75 Å². The number of carbonyl (C=O) groups is 1. The zero-order chi connectivity index (χ0) is 15.3. The second-order valence-electron chi connectivity index (χ2n) is 4.66. The SMILES string of the molecule is CC(C)C(N)C(=O)Nc1ccccc1OCC(F)(F)F. The zero-order valence-electron chi connectivity index (χ0n) is 11.2. The van der Waals surface area contributed by atoms with Crippen molar-refractivity contribution >= 4 is 11.6 Å². The van der Waals surface area contributed by atoms with Crippen LogP contribution in [0.25, 0.3) is 0 Å². The normalized spacial score (nSPS) is 13.2. The second kappa shape index (κ2) is 6.60. The van der Waals surface area contributed by atoms with Gasteiger partial charge < -0.3 is 15.8 Å². The Morgan fingerprint density at radius 2 is 1.95 bits per heavy atom. The smallest absolute Gasteiger partial charge is 0.422 e. The summed E-state index contributed by atoms with van der Waals surface area (Å²) in [5, 5.41) is 2.47. The molecule has 4 nitrogen and oxygen atoms in total. The number of hydrogen-bond donors (Lipinski definition) is 2. The van der Waals surface area contributed by atoms with Crippen molar-refractivity contribution < 1.29 is 22.7 Å². The number of halogens is 3. The van der Waals surface area contributed by atoms with Gasteiger partial charge in [0.1, 0.15) is 5.75 Å². The highest BCUT2D eigenvalue weighted by Crippen LogP contribution is 2.26. The summed E-state index contributed by atoms with van der Waals surface area (Å²) < 4.78 is 41.1. The van der Waals surface area contributed by atoms with Crippen LogP contribution >= 0.6 is 0 Å². The predicted molar refractivity (Wildman–Crippen MR) is 69.4 cm³/mol. The number of nitrogens with two attached hydrogens (primary N) is 1. The highest BCUT2D eigenvalue weighted by atomic mass is 19.4. The maximum absolute atomic E-state index is 12.1. The fourth-order valence-electron chi connectivity index (χ4n) is 1.37. The molecule has 1 unspecified atom stereocenters. The second-order valence-corrected chi connectivity index (χ2v) is 4.66. The van der Waals surface area contributed by atoms with Gasteiger partial charge in [0.25, 0.3) is 0 Å². The first-order valence-corrected chi connectivity index (χ1v) is 6.05. The number of anilines is 1. The van der Waals surface area contributed by atoms with Gasteiger partial charge in [-0.15, -0.1) is 0 Å². The van der Waals surface area contributed by atoms with Crippen molar-refractivity contribution in [3.8, 4) is 5.75 Å². The lowest BCUT2D eigenvalue weighted by Gasteiger charge is -2.17. The molecule has 0 bridgehead atoms. The van der Waals surface area contributed by atoms with E-state index >= 15 is 0 Å². The van der Waals surface area contributed by atoms with Gasteiger partial charge in [0.2, 0.25) is 5.91 Å². The van der Waals surface area contributed by atoms with Gasteiger partial charge in [0.15, 0.2) is 6.61 Å². The molecule has 1 amide bonds. The average Bonchev–Trinajstić information content (AvgIpc) is 2.35. The number of hydrogen-bond acceptors (Lipinski definition) is 3. The standard InChI is InChI=1S/C13H17F3N2O2/c1-8(2)11(17)12(19)18-9-5-3-4-6-10(9)20-7-13(14,15)16/h3-6,8,11H,7,17H2,1-2H3,(H,18,19). The highest BCUT2D eigenvalue weighted by molar-refractivity contribution is 5.96. The van der Waals surface area contributed by atoms with Crippen LogP contribution < -0.4 is 15.8 Å². The van der Waals surface area contributed by atoms with E-state index in [1.165, 1.54) is 18.2 Å². The third-order valence-electron chi connectivity index (χ3n) is 2.56. The van der Waals surface area contributed by atoms with Crippen molar-refractivity contribution in [2.24, 2.45) is 11.7 Å². The van der Waals surface area contributed by atoms with Crippen molar-refractivity contribution in [1.29, 1.82) is 0 Å². The summed E-state index contributed by atoms with van der Waals surface area (Å²) in [7, 11) is 0. The predicted octanol–water partition coefficient (Wildman–Crippen LogP) is 2.55. The maximum atomic E-state index is 12.1. The first-order valence-electron chi connectivity index (χ1n) is 6.05. The molecule has 0 aliphatic carbocycles. The largest absolute Gasteiger partial charge is 0.482 e. The summed E-state index contributed by atoms with van der Waals surface area (Å²) in [6, 6.07) is 5.16. The number of para-hydroxylation sites is 2. The van der Waals surface area contributed by atoms with Crippen LogP contribution in [-0.2, 0) is 4.79 Å². The van der Waals surface area contributed by atoms with Gasteiger partial charge >= 0.3 is 6.18 Å². The molecule has 7 heteroatoms. The number of amides is 1. The Bertz CT molecular complexity index is 461. The highest BCUT2D eigenvalue weighted by Gasteiger charge is 2.29. The molecule has 0 radical (unpaired) electrons. The van der Waals surface area contributed by atoms with E-state index < -0.39 is 24.7 Å². The van der Waals surface area contributed by atoms with E-state index in [0.717, 1.165) is 0 Å². The molecule has 3 N–H and O–H groups in total. The van der Waals surface area contributed by atoms with Crippen LogP contribution in [0.1, 0.15) is 13.8 Å². The van der Waals surface area contributed by atoms with Gasteiger partial charge in [-0.3, -0.25) is 4.79 Å². The van der Waals surface area contributed by atoms with Gasteiger partial charge in [-0.1, -0.05) is 26.0 Å². The fraction of sp³-hybridized carbons (Fsp3) is 0.462. The molecule has 0 aromatic heterocycles. The third kappa shape index (κ3) is 5.08. The molecule has 1 atom stereocenters. The summed E-state index contributed by atoms with van der Waals surface area (Å²) >= 11 is 0. The summed E-state index contributed by atoms with van der Waals surface area (Å²) in [4.78, 5) is 11.8. The summed E-state index contributed by atoms with van der Waals surface area (Å²) in [5.74, 6) is -0.601. The summed E-state index contributed by atoms with van der Waals surface area (Å²) in [5.41, 5.74) is 5.83. The van der Waals surface area contributed by atoms with E-state index in [1.807, 2.05) is 0 Å². The Morgan fingerprint density at radius 1 is 1.35 bits per heavy atom. The Balaban J connectivity index is 2.78. The topological polar surface area (TPSA) is 64.4 Å².